The molecule has 0 unspecified atom stereocenters. The van der Waals surface area contributed by atoms with E-state index in [4.69, 9.17) is 14.2 Å². The maximum atomic E-state index is 13.9. The lowest BCUT2D eigenvalue weighted by Crippen LogP contribution is -2.70. The van der Waals surface area contributed by atoms with E-state index < -0.39 is 66.7 Å². The van der Waals surface area contributed by atoms with Gasteiger partial charge >= 0.3 is 30.1 Å². The lowest BCUT2D eigenvalue weighted by Gasteiger charge is -2.44. The highest BCUT2D eigenvalue weighted by atomic mass is 19.4. The Bertz CT molecular complexity index is 1170. The van der Waals surface area contributed by atoms with Gasteiger partial charge in [-0.2, -0.15) is 13.2 Å². The number of aromatic nitrogens is 1. The number of alkyl halides is 3. The number of nitrogens with zero attached hydrogens (tertiary/aromatic N) is 2. The van der Waals surface area contributed by atoms with Crippen LogP contribution in [-0.4, -0.2) is 71.4 Å². The first-order chi connectivity index (χ1) is 20.3. The highest BCUT2D eigenvalue weighted by Crippen LogP contribution is 2.36. The SMILES string of the molecule is CCCOC(=O)[C@@H]1[C@@H](Cc2ccnc(CC(=O)OCOC(=O)C(C)C)c2)C(=O)N1C(=O)N[C@@H](C1CCCCC1)C(F)(F)F. The molecule has 1 saturated carbocycles. The maximum absolute atomic E-state index is 13.9. The fourth-order valence-corrected chi connectivity index (χ4v) is 5.19. The third-order valence-corrected chi connectivity index (χ3v) is 7.43. The second-order valence-electron chi connectivity index (χ2n) is 11.1. The molecule has 3 amide bonds. The van der Waals surface area contributed by atoms with Gasteiger partial charge in [-0.3, -0.25) is 19.4 Å². The normalized spacial score (nSPS) is 19.8. The summed E-state index contributed by atoms with van der Waals surface area (Å²) in [5.74, 6) is -5.25. The van der Waals surface area contributed by atoms with Gasteiger partial charge in [-0.05, 0) is 49.3 Å². The molecule has 0 radical (unpaired) electrons. The van der Waals surface area contributed by atoms with Gasteiger partial charge in [0.25, 0.3) is 0 Å². The highest BCUT2D eigenvalue weighted by molar-refractivity contribution is 6.08. The zero-order chi connectivity index (χ0) is 31.7. The summed E-state index contributed by atoms with van der Waals surface area (Å²) >= 11 is 0. The van der Waals surface area contributed by atoms with Crippen LogP contribution in [0.5, 0.6) is 0 Å². The quantitative estimate of drug-likeness (QED) is 0.211. The molecule has 0 spiro atoms. The molecule has 1 aliphatic heterocycles. The largest absolute Gasteiger partial charge is 0.464 e. The smallest absolute Gasteiger partial charge is 0.408 e. The summed E-state index contributed by atoms with van der Waals surface area (Å²) in [7, 11) is 0. The van der Waals surface area contributed by atoms with Gasteiger partial charge in [-0.1, -0.05) is 40.0 Å². The Morgan fingerprint density at radius 3 is 2.42 bits per heavy atom. The average molecular weight is 614 g/mol. The Kier molecular flexibility index (Phi) is 11.9. The van der Waals surface area contributed by atoms with Gasteiger partial charge < -0.3 is 19.5 Å². The molecule has 1 N–H and O–H groups in total. The number of rotatable bonds is 12. The number of carbonyl (C=O) groups is 5. The maximum Gasteiger partial charge on any atom is 0.408 e. The van der Waals surface area contributed by atoms with E-state index in [9.17, 15) is 37.1 Å². The second-order valence-corrected chi connectivity index (χ2v) is 11.1. The average Bonchev–Trinajstić information content (AvgIpc) is 2.95. The van der Waals surface area contributed by atoms with Crippen molar-refractivity contribution < 1.29 is 51.4 Å². The van der Waals surface area contributed by atoms with Gasteiger partial charge in [-0.15, -0.1) is 0 Å². The number of imide groups is 1. The zero-order valence-corrected chi connectivity index (χ0v) is 24.5. The summed E-state index contributed by atoms with van der Waals surface area (Å²) < 4.78 is 56.7. The molecule has 1 aliphatic carbocycles. The van der Waals surface area contributed by atoms with E-state index in [1.807, 2.05) is 5.32 Å². The zero-order valence-electron chi connectivity index (χ0n) is 24.5. The summed E-state index contributed by atoms with van der Waals surface area (Å²) in [5, 5.41) is 1.99. The van der Waals surface area contributed by atoms with Crippen molar-refractivity contribution in [2.24, 2.45) is 17.8 Å². The molecule has 2 heterocycles. The van der Waals surface area contributed by atoms with Gasteiger partial charge in [-0.25, -0.2) is 14.5 Å². The minimum absolute atomic E-state index is 0.00689. The molecule has 11 nitrogen and oxygen atoms in total. The number of nitrogens with one attached hydrogen (secondary N) is 1. The van der Waals surface area contributed by atoms with Crippen molar-refractivity contribution in [2.75, 3.05) is 13.4 Å². The minimum atomic E-state index is -4.73. The van der Waals surface area contributed by atoms with E-state index in [1.165, 1.54) is 12.3 Å². The van der Waals surface area contributed by atoms with Crippen LogP contribution in [0.25, 0.3) is 0 Å². The van der Waals surface area contributed by atoms with Crippen LogP contribution < -0.4 is 5.32 Å². The van der Waals surface area contributed by atoms with Gasteiger partial charge in [0.1, 0.15) is 6.04 Å². The van der Waals surface area contributed by atoms with Gasteiger partial charge in [0.2, 0.25) is 12.7 Å². The van der Waals surface area contributed by atoms with Crippen molar-refractivity contribution in [2.45, 2.75) is 90.4 Å². The van der Waals surface area contributed by atoms with Crippen LogP contribution in [0.2, 0.25) is 0 Å². The topological polar surface area (TPSA) is 141 Å². The Morgan fingerprint density at radius 2 is 1.79 bits per heavy atom. The molecular weight excluding hydrogens is 575 g/mol. The van der Waals surface area contributed by atoms with Crippen LogP contribution in [0.3, 0.4) is 0 Å². The van der Waals surface area contributed by atoms with E-state index in [-0.39, 0.29) is 31.1 Å². The number of ether oxygens (including phenoxy) is 3. The molecule has 1 aromatic heterocycles. The first kappa shape index (κ1) is 33.8. The summed E-state index contributed by atoms with van der Waals surface area (Å²) in [5.41, 5.74) is 0.760. The molecule has 238 valence electrons. The van der Waals surface area contributed by atoms with Crippen molar-refractivity contribution in [1.82, 2.24) is 15.2 Å². The fraction of sp³-hybridized carbons (Fsp3) is 0.655. The predicted molar refractivity (Wildman–Crippen MR) is 144 cm³/mol. The Labute approximate surface area is 247 Å². The number of hydrogen-bond donors (Lipinski definition) is 1. The molecule has 14 heteroatoms. The molecular formula is C29H38F3N3O8. The number of esters is 3. The van der Waals surface area contributed by atoms with E-state index in [1.54, 1.807) is 26.8 Å². The van der Waals surface area contributed by atoms with Gasteiger partial charge in [0.05, 0.1) is 30.6 Å². The van der Waals surface area contributed by atoms with Crippen LogP contribution in [0.1, 0.15) is 70.6 Å². The Hall–Kier alpha value is -3.71. The number of halogens is 3. The van der Waals surface area contributed by atoms with Crippen molar-refractivity contribution in [1.29, 1.82) is 0 Å². The van der Waals surface area contributed by atoms with Crippen molar-refractivity contribution >= 4 is 29.8 Å². The van der Waals surface area contributed by atoms with E-state index in [2.05, 4.69) is 4.98 Å². The summed E-state index contributed by atoms with van der Waals surface area (Å²) in [6.45, 7) is 4.46. The predicted octanol–water partition coefficient (Wildman–Crippen LogP) is 3.87. The number of likely N-dealkylation sites (tertiary alicyclic amines) is 1. The third kappa shape index (κ3) is 9.14. The number of hydrogen-bond acceptors (Lipinski definition) is 9. The van der Waals surface area contributed by atoms with E-state index in [0.29, 0.717) is 42.6 Å². The molecule has 3 atom stereocenters. The van der Waals surface area contributed by atoms with E-state index in [0.717, 1.165) is 6.42 Å². The van der Waals surface area contributed by atoms with Crippen molar-refractivity contribution in [3.05, 3.63) is 29.6 Å². The fourth-order valence-electron chi connectivity index (χ4n) is 5.19. The Balaban J connectivity index is 1.70. The second kappa shape index (κ2) is 15.1. The van der Waals surface area contributed by atoms with E-state index >= 15 is 0 Å². The number of amides is 3. The highest BCUT2D eigenvalue weighted by Gasteiger charge is 2.57. The molecule has 2 fully saturated rings. The molecule has 0 aromatic carbocycles. The Morgan fingerprint density at radius 1 is 1.09 bits per heavy atom. The lowest BCUT2D eigenvalue weighted by atomic mass is 9.82. The number of β-lactam (4-membered cyclic amide) rings is 1. The van der Waals surface area contributed by atoms with Crippen molar-refractivity contribution in [3.8, 4) is 0 Å². The minimum Gasteiger partial charge on any atom is -0.464 e. The summed E-state index contributed by atoms with van der Waals surface area (Å²) in [6.07, 6.45) is -0.588. The summed E-state index contributed by atoms with van der Waals surface area (Å²) in [4.78, 5) is 67.3. The molecule has 1 aromatic rings. The first-order valence-electron chi connectivity index (χ1n) is 14.5. The molecule has 3 rings (SSSR count). The standard InChI is InChI=1S/C29H38F3N3O8/c1-4-12-41-27(39)23-21(14-18-10-11-33-20(13-18)15-22(36)42-16-43-26(38)17(2)3)25(37)35(23)28(40)34-24(29(30,31)32)19-8-6-5-7-9-19/h10-11,13,17,19,21,23-24H,4-9,12,14-16H2,1-3H3,(H,34,40)/t21-,23+,24+/m1/s1. The molecule has 0 bridgehead atoms. The number of urea groups is 1. The van der Waals surface area contributed by atoms with Crippen LogP contribution in [-0.2, 0) is 46.2 Å². The third-order valence-electron chi connectivity index (χ3n) is 7.43. The molecule has 1 saturated heterocycles. The van der Waals surface area contributed by atoms with Crippen LogP contribution in [0.15, 0.2) is 18.3 Å². The van der Waals surface area contributed by atoms with Crippen molar-refractivity contribution in [3.63, 3.8) is 0 Å². The molecule has 43 heavy (non-hydrogen) atoms. The monoisotopic (exact) mass is 613 g/mol. The lowest BCUT2D eigenvalue weighted by molar-refractivity contribution is -0.174. The number of carbonyl (C=O) groups excluding carboxylic acids is 5. The van der Waals surface area contributed by atoms with Crippen LogP contribution in [0, 0.1) is 17.8 Å². The first-order valence-corrected chi connectivity index (χ1v) is 14.5. The summed E-state index contributed by atoms with van der Waals surface area (Å²) in [6, 6.07) is -1.79. The van der Waals surface area contributed by atoms with Crippen LogP contribution in [0.4, 0.5) is 18.0 Å². The number of pyridine rings is 1. The molecule has 2 aliphatic rings. The van der Waals surface area contributed by atoms with Gasteiger partial charge in [0, 0.05) is 6.20 Å². The van der Waals surface area contributed by atoms with Crippen LogP contribution >= 0.6 is 0 Å². The van der Waals surface area contributed by atoms with Gasteiger partial charge in [0.15, 0.2) is 6.04 Å².